The highest BCUT2D eigenvalue weighted by Crippen LogP contribution is 2.17. The van der Waals surface area contributed by atoms with Gasteiger partial charge in [0.05, 0.1) is 25.2 Å². The first-order valence-corrected chi connectivity index (χ1v) is 8.17. The van der Waals surface area contributed by atoms with Crippen LogP contribution in [0.2, 0.25) is 0 Å². The molecule has 1 aromatic carbocycles. The van der Waals surface area contributed by atoms with Crippen LogP contribution in [0.3, 0.4) is 0 Å². The summed E-state index contributed by atoms with van der Waals surface area (Å²) < 4.78 is 10.5. The van der Waals surface area contributed by atoms with Crippen LogP contribution >= 0.6 is 0 Å². The van der Waals surface area contributed by atoms with Gasteiger partial charge in [-0.2, -0.15) is 0 Å². The molecule has 0 aliphatic carbocycles. The number of anilines is 1. The largest absolute Gasteiger partial charge is 0.494 e. The summed E-state index contributed by atoms with van der Waals surface area (Å²) in [6.45, 7) is 3.17. The molecule has 1 heterocycles. The fraction of sp³-hybridized carbons (Fsp3) is 0.389. The molecule has 3 N–H and O–H groups in total. The Balaban J connectivity index is 1.68. The molecule has 0 bridgehead atoms. The number of aliphatic hydroxyl groups is 1. The predicted molar refractivity (Wildman–Crippen MR) is 92.2 cm³/mol. The summed E-state index contributed by atoms with van der Waals surface area (Å²) in [5, 5.41) is 15.3. The van der Waals surface area contributed by atoms with Gasteiger partial charge in [-0.1, -0.05) is 13.3 Å². The molecule has 130 valence electrons. The lowest BCUT2D eigenvalue weighted by atomic mass is 10.1. The third-order valence-electron chi connectivity index (χ3n) is 3.51. The molecule has 0 unspecified atom stereocenters. The van der Waals surface area contributed by atoms with Crippen molar-refractivity contribution < 1.29 is 19.1 Å². The number of unbranched alkanes of at least 4 members (excludes halogenated alkanes) is 1. The normalized spacial score (nSPS) is 11.8. The van der Waals surface area contributed by atoms with Crippen molar-refractivity contribution in [3.05, 3.63) is 48.4 Å². The number of aliphatic hydroxyl groups excluding tert-OH is 1. The van der Waals surface area contributed by atoms with Gasteiger partial charge < -0.3 is 24.9 Å². The van der Waals surface area contributed by atoms with E-state index in [4.69, 9.17) is 9.15 Å². The second-order valence-corrected chi connectivity index (χ2v) is 5.47. The van der Waals surface area contributed by atoms with Crippen molar-refractivity contribution in [1.82, 2.24) is 5.32 Å². The van der Waals surface area contributed by atoms with Crippen molar-refractivity contribution in [1.29, 1.82) is 0 Å². The molecule has 0 saturated carbocycles. The van der Waals surface area contributed by atoms with Gasteiger partial charge in [0.2, 0.25) is 0 Å². The molecule has 1 atom stereocenters. The smallest absolute Gasteiger partial charge is 0.319 e. The monoisotopic (exact) mass is 332 g/mol. The van der Waals surface area contributed by atoms with E-state index in [9.17, 15) is 9.90 Å². The van der Waals surface area contributed by atoms with Crippen LogP contribution in [0.4, 0.5) is 10.5 Å². The fourth-order valence-corrected chi connectivity index (χ4v) is 2.10. The summed E-state index contributed by atoms with van der Waals surface area (Å²) in [6, 6.07) is 8.63. The zero-order valence-corrected chi connectivity index (χ0v) is 13.8. The van der Waals surface area contributed by atoms with Gasteiger partial charge in [0.1, 0.15) is 5.75 Å². The van der Waals surface area contributed by atoms with Crippen LogP contribution in [0.1, 0.15) is 37.9 Å². The number of hydrogen-bond acceptors (Lipinski definition) is 4. The second-order valence-electron chi connectivity index (χ2n) is 5.47. The van der Waals surface area contributed by atoms with Gasteiger partial charge in [0, 0.05) is 17.8 Å². The summed E-state index contributed by atoms with van der Waals surface area (Å²) in [7, 11) is 0. The number of amides is 2. The van der Waals surface area contributed by atoms with Gasteiger partial charge in [-0.3, -0.25) is 0 Å². The van der Waals surface area contributed by atoms with E-state index in [-0.39, 0.29) is 6.03 Å². The fourth-order valence-electron chi connectivity index (χ4n) is 2.10. The molecule has 2 amide bonds. The molecular weight excluding hydrogens is 308 g/mol. The van der Waals surface area contributed by atoms with Crippen LogP contribution in [0.15, 0.2) is 47.3 Å². The van der Waals surface area contributed by atoms with Crippen molar-refractivity contribution in [2.75, 3.05) is 18.5 Å². The number of rotatable bonds is 9. The molecule has 0 aliphatic heterocycles. The first-order valence-electron chi connectivity index (χ1n) is 8.17. The van der Waals surface area contributed by atoms with Gasteiger partial charge in [-0.05, 0) is 43.2 Å². The molecule has 0 saturated heterocycles. The number of carbonyl (C=O) groups is 1. The van der Waals surface area contributed by atoms with Crippen LogP contribution in [0, 0.1) is 0 Å². The van der Waals surface area contributed by atoms with Gasteiger partial charge in [-0.25, -0.2) is 4.79 Å². The lowest BCUT2D eigenvalue weighted by Gasteiger charge is -2.11. The molecule has 2 rings (SSSR count). The molecular formula is C18H24N2O4. The number of carbonyl (C=O) groups excluding carboxylic acids is 1. The highest BCUT2D eigenvalue weighted by atomic mass is 16.5. The van der Waals surface area contributed by atoms with Crippen molar-refractivity contribution in [3.63, 3.8) is 0 Å². The Morgan fingerprint density at radius 3 is 2.75 bits per heavy atom. The van der Waals surface area contributed by atoms with Crippen molar-refractivity contribution in [2.45, 2.75) is 32.3 Å². The molecule has 0 fully saturated rings. The number of nitrogens with one attached hydrogen (secondary N) is 2. The maximum Gasteiger partial charge on any atom is 0.319 e. The quantitative estimate of drug-likeness (QED) is 0.611. The Kier molecular flexibility index (Phi) is 7.17. The van der Waals surface area contributed by atoms with E-state index in [2.05, 4.69) is 17.6 Å². The predicted octanol–water partition coefficient (Wildman–Crippen LogP) is 3.70. The first-order chi connectivity index (χ1) is 11.7. The Morgan fingerprint density at radius 2 is 2.08 bits per heavy atom. The molecule has 0 spiro atoms. The SMILES string of the molecule is CCCCOc1ccc(NC(=O)NCC[C@@H](O)c2ccoc2)cc1. The van der Waals surface area contributed by atoms with Crippen LogP contribution in [0.5, 0.6) is 5.75 Å². The van der Waals surface area contributed by atoms with E-state index in [1.54, 1.807) is 18.2 Å². The number of ether oxygens (including phenoxy) is 1. The topological polar surface area (TPSA) is 83.7 Å². The average Bonchev–Trinajstić information content (AvgIpc) is 3.11. The Hall–Kier alpha value is -2.47. The van der Waals surface area contributed by atoms with E-state index in [0.717, 1.165) is 18.6 Å². The lowest BCUT2D eigenvalue weighted by Crippen LogP contribution is -2.30. The van der Waals surface area contributed by atoms with E-state index in [1.807, 2.05) is 12.1 Å². The minimum Gasteiger partial charge on any atom is -0.494 e. The Labute approximate surface area is 141 Å². The van der Waals surface area contributed by atoms with Crippen LogP contribution in [-0.4, -0.2) is 24.3 Å². The van der Waals surface area contributed by atoms with Crippen molar-refractivity contribution >= 4 is 11.7 Å². The van der Waals surface area contributed by atoms with E-state index < -0.39 is 6.10 Å². The number of benzene rings is 1. The minimum atomic E-state index is -0.649. The molecule has 6 heteroatoms. The van der Waals surface area contributed by atoms with Gasteiger partial charge in [0.25, 0.3) is 0 Å². The molecule has 0 radical (unpaired) electrons. The first kappa shape index (κ1) is 17.9. The summed E-state index contributed by atoms with van der Waals surface area (Å²) >= 11 is 0. The van der Waals surface area contributed by atoms with E-state index in [0.29, 0.717) is 30.8 Å². The average molecular weight is 332 g/mol. The maximum atomic E-state index is 11.8. The summed E-state index contributed by atoms with van der Waals surface area (Å²) in [6.07, 6.45) is 4.88. The molecule has 6 nitrogen and oxygen atoms in total. The second kappa shape index (κ2) is 9.62. The van der Waals surface area contributed by atoms with Crippen LogP contribution in [0.25, 0.3) is 0 Å². The third-order valence-corrected chi connectivity index (χ3v) is 3.51. The molecule has 24 heavy (non-hydrogen) atoms. The number of urea groups is 1. The lowest BCUT2D eigenvalue weighted by molar-refractivity contribution is 0.166. The van der Waals surface area contributed by atoms with Crippen molar-refractivity contribution in [2.24, 2.45) is 0 Å². The summed E-state index contributed by atoms with van der Waals surface area (Å²) in [5.74, 6) is 0.789. The zero-order chi connectivity index (χ0) is 17.2. The Morgan fingerprint density at radius 1 is 1.29 bits per heavy atom. The van der Waals surface area contributed by atoms with Crippen LogP contribution in [-0.2, 0) is 0 Å². The summed E-state index contributed by atoms with van der Waals surface area (Å²) in [4.78, 5) is 11.8. The third kappa shape index (κ3) is 5.96. The van der Waals surface area contributed by atoms with Gasteiger partial charge >= 0.3 is 6.03 Å². The molecule has 1 aromatic heterocycles. The minimum absolute atomic E-state index is 0.311. The number of hydrogen-bond donors (Lipinski definition) is 3. The van der Waals surface area contributed by atoms with E-state index in [1.165, 1.54) is 12.5 Å². The van der Waals surface area contributed by atoms with Crippen molar-refractivity contribution in [3.8, 4) is 5.75 Å². The van der Waals surface area contributed by atoms with Crippen LogP contribution < -0.4 is 15.4 Å². The van der Waals surface area contributed by atoms with E-state index >= 15 is 0 Å². The van der Waals surface area contributed by atoms with Gasteiger partial charge in [-0.15, -0.1) is 0 Å². The van der Waals surface area contributed by atoms with Gasteiger partial charge in [0.15, 0.2) is 0 Å². The maximum absolute atomic E-state index is 11.8. The zero-order valence-electron chi connectivity index (χ0n) is 13.8. The highest BCUT2D eigenvalue weighted by molar-refractivity contribution is 5.89. The summed E-state index contributed by atoms with van der Waals surface area (Å²) in [5.41, 5.74) is 1.39. The molecule has 2 aromatic rings. The Bertz CT molecular complexity index is 596. The number of furan rings is 1. The standard InChI is InChI=1S/C18H24N2O4/c1-2-3-11-24-16-6-4-15(5-7-16)20-18(22)19-10-8-17(21)14-9-12-23-13-14/h4-7,9,12-13,17,21H,2-3,8,10-11H2,1H3,(H2,19,20,22)/t17-/m1/s1. The highest BCUT2D eigenvalue weighted by Gasteiger charge is 2.09. The molecule has 0 aliphatic rings.